The largest absolute Gasteiger partial charge is 0.497 e. The number of amides is 2. The SMILES string of the molecule is COc1ccc(NC(=O)N(Cc2nn(C)c3c2CCC3)C2CCCC2)c(OC)c1. The molecule has 7 nitrogen and oxygen atoms in total. The highest BCUT2D eigenvalue weighted by atomic mass is 16.5. The van der Waals surface area contributed by atoms with Crippen molar-refractivity contribution in [2.75, 3.05) is 19.5 Å². The quantitative estimate of drug-likeness (QED) is 0.801. The zero-order chi connectivity index (χ0) is 20.4. The minimum Gasteiger partial charge on any atom is -0.497 e. The number of ether oxygens (including phenoxy) is 2. The second-order valence-electron chi connectivity index (χ2n) is 7.91. The van der Waals surface area contributed by atoms with E-state index in [1.165, 1.54) is 30.5 Å². The molecule has 0 spiro atoms. The number of carbonyl (C=O) groups is 1. The van der Waals surface area contributed by atoms with Gasteiger partial charge in [-0.15, -0.1) is 0 Å². The molecule has 7 heteroatoms. The van der Waals surface area contributed by atoms with Crippen molar-refractivity contribution in [1.82, 2.24) is 14.7 Å². The standard InChI is InChI=1S/C22H30N4O3/c1-25-20-10-6-9-17(20)19(24-25)14-26(15-7-4-5-8-15)22(27)23-18-12-11-16(28-2)13-21(18)29-3/h11-13,15H,4-10,14H2,1-3H3,(H,23,27). The van der Waals surface area contributed by atoms with Gasteiger partial charge in [0.1, 0.15) is 11.5 Å². The summed E-state index contributed by atoms with van der Waals surface area (Å²) in [6.07, 6.45) is 7.74. The number of nitrogens with one attached hydrogen (secondary N) is 1. The molecule has 1 fully saturated rings. The molecule has 0 aliphatic heterocycles. The number of rotatable bonds is 6. The lowest BCUT2D eigenvalue weighted by Crippen LogP contribution is -2.41. The Balaban J connectivity index is 1.57. The number of nitrogens with zero attached hydrogens (tertiary/aromatic N) is 3. The molecule has 1 saturated carbocycles. The number of fused-ring (bicyclic) bond motifs is 1. The molecule has 1 N–H and O–H groups in total. The van der Waals surface area contributed by atoms with E-state index in [2.05, 4.69) is 5.32 Å². The van der Waals surface area contributed by atoms with E-state index in [1.54, 1.807) is 20.3 Å². The number of anilines is 1. The van der Waals surface area contributed by atoms with Gasteiger partial charge >= 0.3 is 6.03 Å². The predicted octanol–water partition coefficient (Wildman–Crippen LogP) is 3.90. The Morgan fingerprint density at radius 1 is 1.21 bits per heavy atom. The molecule has 0 bridgehead atoms. The summed E-state index contributed by atoms with van der Waals surface area (Å²) in [5.41, 5.74) is 4.35. The van der Waals surface area contributed by atoms with Gasteiger partial charge < -0.3 is 19.7 Å². The first-order valence-electron chi connectivity index (χ1n) is 10.4. The molecule has 2 amide bonds. The summed E-state index contributed by atoms with van der Waals surface area (Å²) < 4.78 is 12.7. The van der Waals surface area contributed by atoms with E-state index >= 15 is 0 Å². The van der Waals surface area contributed by atoms with Crippen LogP contribution in [0, 0.1) is 0 Å². The fourth-order valence-corrected chi connectivity index (χ4v) is 4.66. The summed E-state index contributed by atoms with van der Waals surface area (Å²) in [7, 11) is 5.21. The van der Waals surface area contributed by atoms with Gasteiger partial charge in [0.2, 0.25) is 0 Å². The Kier molecular flexibility index (Phi) is 5.65. The minimum absolute atomic E-state index is 0.0993. The second-order valence-corrected chi connectivity index (χ2v) is 7.91. The van der Waals surface area contributed by atoms with Gasteiger partial charge in [0.05, 0.1) is 32.1 Å². The van der Waals surface area contributed by atoms with Crippen LogP contribution in [0.25, 0.3) is 0 Å². The molecule has 1 heterocycles. The third kappa shape index (κ3) is 3.91. The van der Waals surface area contributed by atoms with Crippen LogP contribution in [0.2, 0.25) is 0 Å². The van der Waals surface area contributed by atoms with Crippen LogP contribution in [0.5, 0.6) is 11.5 Å². The Labute approximate surface area is 172 Å². The summed E-state index contributed by atoms with van der Waals surface area (Å²) in [5, 5.41) is 7.80. The van der Waals surface area contributed by atoms with Crippen molar-refractivity contribution in [2.24, 2.45) is 7.05 Å². The van der Waals surface area contributed by atoms with Crippen LogP contribution in [-0.4, -0.2) is 41.0 Å². The zero-order valence-electron chi connectivity index (χ0n) is 17.5. The third-order valence-corrected chi connectivity index (χ3v) is 6.20. The van der Waals surface area contributed by atoms with Gasteiger partial charge in [-0.25, -0.2) is 4.79 Å². The van der Waals surface area contributed by atoms with Crippen LogP contribution in [-0.2, 0) is 26.4 Å². The fraction of sp³-hybridized carbons (Fsp3) is 0.545. The number of hydrogen-bond donors (Lipinski definition) is 1. The van der Waals surface area contributed by atoms with Crippen LogP contribution < -0.4 is 14.8 Å². The van der Waals surface area contributed by atoms with E-state index in [9.17, 15) is 4.79 Å². The first kappa shape index (κ1) is 19.6. The van der Waals surface area contributed by atoms with Gasteiger partial charge in [0.15, 0.2) is 0 Å². The number of aromatic nitrogens is 2. The van der Waals surface area contributed by atoms with Crippen LogP contribution in [0.3, 0.4) is 0 Å². The minimum atomic E-state index is -0.0993. The predicted molar refractivity (Wildman–Crippen MR) is 112 cm³/mol. The molecule has 0 saturated heterocycles. The smallest absolute Gasteiger partial charge is 0.322 e. The summed E-state index contributed by atoms with van der Waals surface area (Å²) in [4.78, 5) is 15.3. The van der Waals surface area contributed by atoms with E-state index in [0.717, 1.165) is 31.4 Å². The molecular formula is C22H30N4O3. The third-order valence-electron chi connectivity index (χ3n) is 6.20. The summed E-state index contributed by atoms with van der Waals surface area (Å²) in [5.74, 6) is 1.28. The lowest BCUT2D eigenvalue weighted by Gasteiger charge is -2.29. The number of urea groups is 1. The molecule has 1 aromatic heterocycles. The zero-order valence-corrected chi connectivity index (χ0v) is 17.5. The van der Waals surface area contributed by atoms with Gasteiger partial charge in [-0.05, 0) is 49.8 Å². The normalized spacial score (nSPS) is 16.0. The van der Waals surface area contributed by atoms with Crippen molar-refractivity contribution < 1.29 is 14.3 Å². The van der Waals surface area contributed by atoms with Crippen molar-refractivity contribution in [2.45, 2.75) is 57.5 Å². The van der Waals surface area contributed by atoms with E-state index in [1.807, 2.05) is 28.8 Å². The number of hydrogen-bond acceptors (Lipinski definition) is 4. The summed E-state index contributed by atoms with van der Waals surface area (Å²) >= 11 is 0. The van der Waals surface area contributed by atoms with Crippen LogP contribution in [0.1, 0.15) is 49.1 Å². The monoisotopic (exact) mass is 398 g/mol. The van der Waals surface area contributed by atoms with Gasteiger partial charge in [-0.3, -0.25) is 4.68 Å². The topological polar surface area (TPSA) is 68.6 Å². The van der Waals surface area contributed by atoms with Gasteiger partial charge in [0.25, 0.3) is 0 Å². The Morgan fingerprint density at radius 3 is 2.72 bits per heavy atom. The first-order chi connectivity index (χ1) is 14.1. The Morgan fingerprint density at radius 2 is 2.00 bits per heavy atom. The molecule has 0 unspecified atom stereocenters. The van der Waals surface area contributed by atoms with Crippen LogP contribution in [0.4, 0.5) is 10.5 Å². The fourth-order valence-electron chi connectivity index (χ4n) is 4.66. The van der Waals surface area contributed by atoms with Gasteiger partial charge in [-0.1, -0.05) is 12.8 Å². The molecule has 0 atom stereocenters. The van der Waals surface area contributed by atoms with Gasteiger partial charge in [0, 0.05) is 24.8 Å². The Hall–Kier alpha value is -2.70. The average Bonchev–Trinajstić information content (AvgIpc) is 3.47. The molecule has 2 aliphatic carbocycles. The maximum Gasteiger partial charge on any atom is 0.322 e. The highest BCUT2D eigenvalue weighted by Crippen LogP contribution is 2.32. The molecule has 156 valence electrons. The van der Waals surface area contributed by atoms with E-state index in [4.69, 9.17) is 14.6 Å². The van der Waals surface area contributed by atoms with Crippen molar-refractivity contribution in [3.8, 4) is 11.5 Å². The van der Waals surface area contributed by atoms with Crippen molar-refractivity contribution in [3.63, 3.8) is 0 Å². The van der Waals surface area contributed by atoms with E-state index in [0.29, 0.717) is 23.7 Å². The molecule has 0 radical (unpaired) electrons. The maximum absolute atomic E-state index is 13.3. The highest BCUT2D eigenvalue weighted by molar-refractivity contribution is 5.91. The molecule has 4 rings (SSSR count). The number of aryl methyl sites for hydroxylation is 1. The Bertz CT molecular complexity index is 886. The van der Waals surface area contributed by atoms with Gasteiger partial charge in [-0.2, -0.15) is 5.10 Å². The molecule has 2 aromatic rings. The highest BCUT2D eigenvalue weighted by Gasteiger charge is 2.30. The van der Waals surface area contributed by atoms with Crippen LogP contribution >= 0.6 is 0 Å². The molecule has 1 aromatic carbocycles. The maximum atomic E-state index is 13.3. The lowest BCUT2D eigenvalue weighted by molar-refractivity contribution is 0.183. The lowest BCUT2D eigenvalue weighted by atomic mass is 10.1. The first-order valence-corrected chi connectivity index (χ1v) is 10.4. The van der Waals surface area contributed by atoms with Crippen molar-refractivity contribution in [1.29, 1.82) is 0 Å². The van der Waals surface area contributed by atoms with Crippen LogP contribution in [0.15, 0.2) is 18.2 Å². The second kappa shape index (κ2) is 8.35. The van der Waals surface area contributed by atoms with Crippen molar-refractivity contribution in [3.05, 3.63) is 35.2 Å². The van der Waals surface area contributed by atoms with E-state index in [-0.39, 0.29) is 12.1 Å². The number of carbonyl (C=O) groups excluding carboxylic acids is 1. The molecule has 2 aliphatic rings. The van der Waals surface area contributed by atoms with Crippen molar-refractivity contribution >= 4 is 11.7 Å². The summed E-state index contributed by atoms with van der Waals surface area (Å²) in [6, 6.07) is 5.57. The number of methoxy groups -OCH3 is 2. The molecule has 29 heavy (non-hydrogen) atoms. The number of benzene rings is 1. The summed E-state index contributed by atoms with van der Waals surface area (Å²) in [6.45, 7) is 0.554. The van der Waals surface area contributed by atoms with E-state index < -0.39 is 0 Å². The average molecular weight is 399 g/mol. The molecular weight excluding hydrogens is 368 g/mol.